The van der Waals surface area contributed by atoms with Gasteiger partial charge in [-0.1, -0.05) is 0 Å². The highest BCUT2D eigenvalue weighted by molar-refractivity contribution is 5.98. The van der Waals surface area contributed by atoms with Gasteiger partial charge in [-0.25, -0.2) is 0 Å². The van der Waals surface area contributed by atoms with Gasteiger partial charge in [0, 0.05) is 12.1 Å². The Morgan fingerprint density at radius 1 is 1.21 bits per heavy atom. The number of nitrogens with two attached hydrogens (primary N) is 1. The molecule has 1 aromatic carbocycles. The van der Waals surface area contributed by atoms with Crippen LogP contribution in [0.1, 0.15) is 29.6 Å². The van der Waals surface area contributed by atoms with Gasteiger partial charge in [0.25, 0.3) is 5.91 Å². The summed E-state index contributed by atoms with van der Waals surface area (Å²) in [4.78, 5) is 25.1. The molecule has 1 saturated heterocycles. The van der Waals surface area contributed by atoms with Crippen LogP contribution in [0.3, 0.4) is 0 Å². The molecule has 1 aromatic rings. The summed E-state index contributed by atoms with van der Waals surface area (Å²) in [6, 6.07) is 3.23. The van der Waals surface area contributed by atoms with Gasteiger partial charge in [-0.05, 0) is 37.5 Å². The van der Waals surface area contributed by atoms with Gasteiger partial charge in [0.05, 0.1) is 0 Å². The first-order chi connectivity index (χ1) is 9.00. The molecule has 0 bridgehead atoms. The van der Waals surface area contributed by atoms with E-state index in [4.69, 9.17) is 5.73 Å². The first-order valence-electron chi connectivity index (χ1n) is 6.13. The van der Waals surface area contributed by atoms with Crippen molar-refractivity contribution in [3.63, 3.8) is 0 Å². The fourth-order valence-electron chi connectivity index (χ4n) is 2.29. The normalized spacial score (nSPS) is 19.2. The Kier molecular flexibility index (Phi) is 3.59. The minimum atomic E-state index is -0.600. The molecular formula is C13H16N2O4. The van der Waals surface area contributed by atoms with Gasteiger partial charge in [-0.15, -0.1) is 0 Å². The number of phenols is 2. The summed E-state index contributed by atoms with van der Waals surface area (Å²) in [6.07, 6.45) is 2.24. The number of primary amides is 1. The predicted octanol–water partition coefficient (Wildman–Crippen LogP) is 0.578. The number of piperidine rings is 1. The molecule has 1 unspecified atom stereocenters. The summed E-state index contributed by atoms with van der Waals surface area (Å²) in [5, 5.41) is 18.6. The lowest BCUT2D eigenvalue weighted by molar-refractivity contribution is -0.123. The average molecular weight is 264 g/mol. The smallest absolute Gasteiger partial charge is 0.254 e. The molecule has 0 aliphatic carbocycles. The van der Waals surface area contributed by atoms with Crippen LogP contribution >= 0.6 is 0 Å². The molecule has 0 aromatic heterocycles. The van der Waals surface area contributed by atoms with Crippen molar-refractivity contribution in [1.29, 1.82) is 0 Å². The van der Waals surface area contributed by atoms with E-state index in [1.165, 1.54) is 23.1 Å². The lowest BCUT2D eigenvalue weighted by Gasteiger charge is -2.33. The molecule has 0 radical (unpaired) electrons. The largest absolute Gasteiger partial charge is 0.504 e. The zero-order valence-electron chi connectivity index (χ0n) is 10.4. The molecule has 19 heavy (non-hydrogen) atoms. The fraction of sp³-hybridized carbons (Fsp3) is 0.385. The number of amides is 2. The lowest BCUT2D eigenvalue weighted by atomic mass is 10.00. The molecule has 2 amide bonds. The molecule has 0 saturated carbocycles. The van der Waals surface area contributed by atoms with Crippen molar-refractivity contribution in [3.8, 4) is 11.5 Å². The predicted molar refractivity (Wildman–Crippen MR) is 67.6 cm³/mol. The van der Waals surface area contributed by atoms with Gasteiger partial charge < -0.3 is 20.8 Å². The van der Waals surface area contributed by atoms with E-state index >= 15 is 0 Å². The molecule has 1 atom stereocenters. The molecule has 1 aliphatic rings. The molecule has 1 aliphatic heterocycles. The first kappa shape index (κ1) is 13.2. The zero-order chi connectivity index (χ0) is 14.0. The molecule has 1 fully saturated rings. The maximum Gasteiger partial charge on any atom is 0.254 e. The monoisotopic (exact) mass is 264 g/mol. The van der Waals surface area contributed by atoms with E-state index in [0.29, 0.717) is 13.0 Å². The van der Waals surface area contributed by atoms with Crippen LogP contribution < -0.4 is 5.73 Å². The van der Waals surface area contributed by atoms with Crippen LogP contribution in [0.2, 0.25) is 0 Å². The number of rotatable bonds is 2. The summed E-state index contributed by atoms with van der Waals surface area (Å²) in [5.74, 6) is -1.53. The standard InChI is InChI=1S/C13H16N2O4/c14-12(18)9-3-1-2-6-15(9)13(19)8-4-5-10(16)11(17)7-8/h4-5,7,9,16-17H,1-3,6H2,(H2,14,18). The van der Waals surface area contributed by atoms with Crippen LogP contribution in [0.25, 0.3) is 0 Å². The number of benzene rings is 1. The first-order valence-corrected chi connectivity index (χ1v) is 6.13. The summed E-state index contributed by atoms with van der Waals surface area (Å²) in [6.45, 7) is 0.466. The highest BCUT2D eigenvalue weighted by Gasteiger charge is 2.31. The molecule has 2 rings (SSSR count). The van der Waals surface area contributed by atoms with E-state index in [-0.39, 0.29) is 23.0 Å². The molecule has 6 heteroatoms. The van der Waals surface area contributed by atoms with Gasteiger partial charge in [-0.3, -0.25) is 9.59 Å². The van der Waals surface area contributed by atoms with Gasteiger partial charge in [0.15, 0.2) is 11.5 Å². The highest BCUT2D eigenvalue weighted by atomic mass is 16.3. The third kappa shape index (κ3) is 2.62. The van der Waals surface area contributed by atoms with Crippen molar-refractivity contribution in [2.24, 2.45) is 5.73 Å². The Labute approximate surface area is 110 Å². The van der Waals surface area contributed by atoms with Crippen molar-refractivity contribution in [1.82, 2.24) is 4.90 Å². The Hall–Kier alpha value is -2.24. The van der Waals surface area contributed by atoms with E-state index in [1.54, 1.807) is 0 Å². The third-order valence-corrected chi connectivity index (χ3v) is 3.31. The van der Waals surface area contributed by atoms with Gasteiger partial charge >= 0.3 is 0 Å². The number of aromatic hydroxyl groups is 2. The molecule has 102 valence electrons. The average Bonchev–Trinajstić information content (AvgIpc) is 2.41. The maximum atomic E-state index is 12.3. The fourth-order valence-corrected chi connectivity index (χ4v) is 2.29. The van der Waals surface area contributed by atoms with E-state index in [0.717, 1.165) is 12.8 Å². The number of carbonyl (C=O) groups excluding carboxylic acids is 2. The zero-order valence-corrected chi connectivity index (χ0v) is 10.4. The van der Waals surface area contributed by atoms with E-state index < -0.39 is 11.9 Å². The van der Waals surface area contributed by atoms with Gasteiger partial charge in [0.2, 0.25) is 5.91 Å². The highest BCUT2D eigenvalue weighted by Crippen LogP contribution is 2.27. The minimum Gasteiger partial charge on any atom is -0.504 e. The Balaban J connectivity index is 2.26. The summed E-state index contributed by atoms with van der Waals surface area (Å²) in [5.41, 5.74) is 5.53. The second-order valence-corrected chi connectivity index (χ2v) is 4.62. The van der Waals surface area contributed by atoms with Crippen LogP contribution in [0.4, 0.5) is 0 Å². The van der Waals surface area contributed by atoms with Crippen LogP contribution in [-0.4, -0.2) is 39.5 Å². The van der Waals surface area contributed by atoms with E-state index in [9.17, 15) is 19.8 Å². The number of phenolic OH excluding ortho intramolecular Hbond substituents is 2. The number of carbonyl (C=O) groups is 2. The van der Waals surface area contributed by atoms with Crippen LogP contribution in [0, 0.1) is 0 Å². The number of hydrogen-bond donors (Lipinski definition) is 3. The SMILES string of the molecule is NC(=O)C1CCCCN1C(=O)c1ccc(O)c(O)c1. The molecule has 0 spiro atoms. The Morgan fingerprint density at radius 2 is 1.95 bits per heavy atom. The van der Waals surface area contributed by atoms with Gasteiger partial charge in [-0.2, -0.15) is 0 Å². The summed E-state index contributed by atoms with van der Waals surface area (Å²) >= 11 is 0. The van der Waals surface area contributed by atoms with Crippen LogP contribution in [0.5, 0.6) is 11.5 Å². The second kappa shape index (κ2) is 5.17. The molecule has 1 heterocycles. The molecule has 6 nitrogen and oxygen atoms in total. The van der Waals surface area contributed by atoms with Gasteiger partial charge in [0.1, 0.15) is 6.04 Å². The number of nitrogens with zero attached hydrogens (tertiary/aromatic N) is 1. The van der Waals surface area contributed by atoms with Crippen molar-refractivity contribution in [3.05, 3.63) is 23.8 Å². The number of likely N-dealkylation sites (tertiary alicyclic amines) is 1. The lowest BCUT2D eigenvalue weighted by Crippen LogP contribution is -2.50. The third-order valence-electron chi connectivity index (χ3n) is 3.31. The Morgan fingerprint density at radius 3 is 2.58 bits per heavy atom. The molecule has 4 N–H and O–H groups in total. The van der Waals surface area contributed by atoms with Crippen molar-refractivity contribution < 1.29 is 19.8 Å². The number of hydrogen-bond acceptors (Lipinski definition) is 4. The minimum absolute atomic E-state index is 0.225. The summed E-state index contributed by atoms with van der Waals surface area (Å²) in [7, 11) is 0. The molecular weight excluding hydrogens is 248 g/mol. The van der Waals surface area contributed by atoms with E-state index in [2.05, 4.69) is 0 Å². The Bertz CT molecular complexity index is 515. The van der Waals surface area contributed by atoms with Crippen molar-refractivity contribution in [2.45, 2.75) is 25.3 Å². The second-order valence-electron chi connectivity index (χ2n) is 4.62. The van der Waals surface area contributed by atoms with E-state index in [1.807, 2.05) is 0 Å². The quantitative estimate of drug-likeness (QED) is 0.679. The van der Waals surface area contributed by atoms with Crippen molar-refractivity contribution >= 4 is 11.8 Å². The maximum absolute atomic E-state index is 12.3. The topological polar surface area (TPSA) is 104 Å². The van der Waals surface area contributed by atoms with Crippen LogP contribution in [0.15, 0.2) is 18.2 Å². The van der Waals surface area contributed by atoms with Crippen LogP contribution in [-0.2, 0) is 4.79 Å². The summed E-state index contributed by atoms with van der Waals surface area (Å²) < 4.78 is 0. The van der Waals surface area contributed by atoms with Crippen molar-refractivity contribution in [2.75, 3.05) is 6.54 Å².